The second-order valence-electron chi connectivity index (χ2n) is 19.7. The third kappa shape index (κ3) is 29.5. The van der Waals surface area contributed by atoms with Crippen LogP contribution in [-0.2, 0) is 51.0 Å². The Morgan fingerprint density at radius 3 is 1.92 bits per heavy atom. The van der Waals surface area contributed by atoms with E-state index in [4.69, 9.17) is 33.7 Å². The molecule has 1 aromatic heterocycles. The van der Waals surface area contributed by atoms with Gasteiger partial charge in [0.25, 0.3) is 0 Å². The molecule has 0 radical (unpaired) electrons. The molecule has 0 amide bonds. The third-order valence-electron chi connectivity index (χ3n) is 13.2. The fourth-order valence-electron chi connectivity index (χ4n) is 8.38. The summed E-state index contributed by atoms with van der Waals surface area (Å²) in [6, 6.07) is 1.25. The molecule has 74 heavy (non-hydrogen) atoms. The molecule has 0 spiro atoms. The first-order valence-corrected chi connectivity index (χ1v) is 30.5. The highest BCUT2D eigenvalue weighted by Crippen LogP contribution is 2.60. The number of esters is 2. The first kappa shape index (κ1) is 65.2. The van der Waals surface area contributed by atoms with E-state index in [1.54, 1.807) is 0 Å². The molecule has 2 aliphatic heterocycles. The second-order valence-corrected chi connectivity index (χ2v) is 22.8. The van der Waals surface area contributed by atoms with E-state index in [0.29, 0.717) is 19.3 Å². The van der Waals surface area contributed by atoms with Crippen LogP contribution in [0, 0.1) is 5.92 Å². The number of allylic oxidation sites excluding steroid dienone is 4. The summed E-state index contributed by atoms with van der Waals surface area (Å²) in [6.45, 7) is 4.44. The van der Waals surface area contributed by atoms with E-state index >= 15 is 0 Å². The summed E-state index contributed by atoms with van der Waals surface area (Å²) < 4.78 is 62.7. The molecule has 10 atom stereocenters. The molecule has 424 valence electrons. The van der Waals surface area contributed by atoms with Gasteiger partial charge in [-0.15, -0.1) is 0 Å². The fourth-order valence-corrected chi connectivity index (χ4v) is 10.5. The molecule has 0 saturated carbocycles. The predicted molar refractivity (Wildman–Crippen MR) is 284 cm³/mol. The number of aromatic nitrogens is 2. The van der Waals surface area contributed by atoms with Crippen LogP contribution in [-0.4, -0.2) is 97.9 Å². The van der Waals surface area contributed by atoms with Gasteiger partial charge in [-0.3, -0.25) is 23.2 Å². The molecule has 3 rings (SSSR count). The van der Waals surface area contributed by atoms with E-state index in [-0.39, 0.29) is 30.9 Å². The molecule has 2 fully saturated rings. The molecule has 6 N–H and O–H groups in total. The fraction of sp³-hybridized carbons (Fsp3) is 0.774. The number of aliphatic hydroxyl groups is 2. The first-order valence-electron chi connectivity index (χ1n) is 27.5. The molecule has 1 aromatic rings. The number of aliphatic hydroxyl groups excluding tert-OH is 2. The monoisotopic (exact) mass is 1090 g/mol. The molecule has 0 aliphatic carbocycles. The van der Waals surface area contributed by atoms with Crippen molar-refractivity contribution in [3.63, 3.8) is 0 Å². The lowest BCUT2D eigenvalue weighted by Gasteiger charge is -2.21. The Labute approximate surface area is 440 Å². The SMILES string of the molecule is CCCCC/C=C\C/C=C\CC1OC1C/C=C\CCCC(=O)OC[C@H](COP(=O)(O)OP(=O)(O)OC[C@H]1O[C@@H](n2ccc(N)nc2=O)[C@H](O)[C@@H]1O)OC(=O)CCCCCCCCCCCCCCCCC(C)CC. The van der Waals surface area contributed by atoms with Gasteiger partial charge >= 0.3 is 33.3 Å². The Morgan fingerprint density at radius 1 is 0.716 bits per heavy atom. The number of nitrogens with zero attached hydrogens (tertiary/aromatic N) is 2. The molecular formula is C53H91N3O16P2. The number of nitrogens with two attached hydrogens (primary N) is 1. The minimum absolute atomic E-state index is 0.0374. The Morgan fingerprint density at radius 2 is 1.28 bits per heavy atom. The number of hydrogen-bond donors (Lipinski definition) is 5. The van der Waals surface area contributed by atoms with Gasteiger partial charge in [0.2, 0.25) is 0 Å². The van der Waals surface area contributed by atoms with Crippen molar-refractivity contribution in [2.24, 2.45) is 5.92 Å². The number of hydrogen-bond acceptors (Lipinski definition) is 16. The zero-order valence-electron chi connectivity index (χ0n) is 44.5. The lowest BCUT2D eigenvalue weighted by Crippen LogP contribution is -2.36. The normalized spacial score (nSPS) is 22.3. The summed E-state index contributed by atoms with van der Waals surface area (Å²) >= 11 is 0. The van der Waals surface area contributed by atoms with E-state index in [2.05, 4.69) is 54.4 Å². The van der Waals surface area contributed by atoms with Gasteiger partial charge in [-0.1, -0.05) is 166 Å². The maximum absolute atomic E-state index is 12.9. The van der Waals surface area contributed by atoms with E-state index < -0.39 is 83.7 Å². The molecular weight excluding hydrogens is 997 g/mol. The number of anilines is 1. The van der Waals surface area contributed by atoms with Gasteiger partial charge in [-0.25, -0.2) is 13.9 Å². The zero-order valence-corrected chi connectivity index (χ0v) is 46.3. The van der Waals surface area contributed by atoms with Crippen LogP contribution in [0.15, 0.2) is 53.5 Å². The van der Waals surface area contributed by atoms with Crippen LogP contribution in [0.1, 0.15) is 200 Å². The van der Waals surface area contributed by atoms with E-state index in [9.17, 15) is 43.5 Å². The number of epoxide rings is 1. The standard InChI is InChI=1S/C53H91N3O16P2/c1-4-6-7-8-9-16-20-23-28-33-44-45(70-44)34-29-25-26-30-35-48(57)66-39-43(69-49(58)36-31-24-21-18-15-13-11-10-12-14-17-19-22-27-32-42(3)5-2)40-67-73(62,63)72-74(64,65)68-41-46-50(59)51(60)52(71-46)56-38-37-47(54)55-53(56)61/h9,16,23,25,28-29,37-38,42-46,50-52,59-60H,4-8,10-15,17-22,24,26-27,30-36,39-41H2,1-3H3,(H,62,63)(H,64,65)(H2,54,55,61)/b16-9-,28-23-,29-25-/t42?,43-,44?,45?,46-,50-,51-,52-/m1/s1. The van der Waals surface area contributed by atoms with Crippen molar-refractivity contribution in [3.8, 4) is 0 Å². The van der Waals surface area contributed by atoms with Crippen molar-refractivity contribution in [2.75, 3.05) is 25.6 Å². The smallest absolute Gasteiger partial charge is 0.462 e. The van der Waals surface area contributed by atoms with Crippen LogP contribution in [0.5, 0.6) is 0 Å². The second kappa shape index (κ2) is 37.7. The summed E-state index contributed by atoms with van der Waals surface area (Å²) in [7, 11) is -10.9. The van der Waals surface area contributed by atoms with Crippen LogP contribution in [0.2, 0.25) is 0 Å². The number of phosphoric acid groups is 2. The van der Waals surface area contributed by atoms with Gasteiger partial charge in [0.1, 0.15) is 30.7 Å². The molecule has 19 nitrogen and oxygen atoms in total. The largest absolute Gasteiger partial charge is 0.481 e. The van der Waals surface area contributed by atoms with Gasteiger partial charge < -0.3 is 44.7 Å². The number of nitrogen functional groups attached to an aromatic ring is 1. The summed E-state index contributed by atoms with van der Waals surface area (Å²) in [5.41, 5.74) is 4.59. The lowest BCUT2D eigenvalue weighted by molar-refractivity contribution is -0.161. The van der Waals surface area contributed by atoms with E-state index in [1.807, 2.05) is 12.2 Å². The topological polar surface area (TPSA) is 278 Å². The van der Waals surface area contributed by atoms with Gasteiger partial charge in [-0.05, 0) is 63.4 Å². The lowest BCUT2D eigenvalue weighted by atomic mass is 9.99. The van der Waals surface area contributed by atoms with Crippen molar-refractivity contribution in [2.45, 2.75) is 237 Å². The van der Waals surface area contributed by atoms with Crippen LogP contribution < -0.4 is 11.4 Å². The molecule has 0 bridgehead atoms. The average molecular weight is 1090 g/mol. The van der Waals surface area contributed by atoms with Crippen LogP contribution >= 0.6 is 15.6 Å². The van der Waals surface area contributed by atoms with Crippen LogP contribution in [0.25, 0.3) is 0 Å². The Hall–Kier alpha value is -3.06. The molecule has 2 saturated heterocycles. The number of ether oxygens (including phenoxy) is 4. The highest BCUT2D eigenvalue weighted by molar-refractivity contribution is 7.61. The molecule has 2 aliphatic rings. The third-order valence-corrected chi connectivity index (χ3v) is 15.8. The van der Waals surface area contributed by atoms with Crippen molar-refractivity contribution in [3.05, 3.63) is 59.2 Å². The number of unbranched alkanes of at least 4 members (excludes halogenated alkanes) is 17. The van der Waals surface area contributed by atoms with Gasteiger partial charge in [0.05, 0.1) is 25.4 Å². The zero-order chi connectivity index (χ0) is 54.0. The number of carbonyl (C=O) groups excluding carboxylic acids is 2. The summed E-state index contributed by atoms with van der Waals surface area (Å²) in [6.07, 6.45) is 33.8. The predicted octanol–water partition coefficient (Wildman–Crippen LogP) is 10.8. The summed E-state index contributed by atoms with van der Waals surface area (Å²) in [5, 5.41) is 20.9. The summed E-state index contributed by atoms with van der Waals surface area (Å²) in [4.78, 5) is 62.1. The maximum atomic E-state index is 12.9. The Bertz CT molecular complexity index is 1970. The first-order chi connectivity index (χ1) is 35.5. The van der Waals surface area contributed by atoms with Gasteiger partial charge in [0.15, 0.2) is 12.3 Å². The van der Waals surface area contributed by atoms with Crippen LogP contribution in [0.3, 0.4) is 0 Å². The highest BCUT2D eigenvalue weighted by atomic mass is 31.3. The number of carbonyl (C=O) groups is 2. The molecule has 3 heterocycles. The summed E-state index contributed by atoms with van der Waals surface area (Å²) in [5.74, 6) is -0.524. The number of rotatable bonds is 44. The number of phosphoric ester groups is 2. The van der Waals surface area contributed by atoms with Gasteiger partial charge in [0, 0.05) is 19.0 Å². The van der Waals surface area contributed by atoms with Gasteiger partial charge in [-0.2, -0.15) is 9.29 Å². The molecule has 0 aromatic carbocycles. The molecule has 21 heteroatoms. The van der Waals surface area contributed by atoms with E-state index in [0.717, 1.165) is 68.0 Å². The van der Waals surface area contributed by atoms with E-state index in [1.165, 1.54) is 96.0 Å². The van der Waals surface area contributed by atoms with Crippen molar-refractivity contribution >= 4 is 33.4 Å². The average Bonchev–Trinajstić information content (AvgIpc) is 4.05. The Balaban J connectivity index is 1.39. The minimum Gasteiger partial charge on any atom is -0.462 e. The quantitative estimate of drug-likeness (QED) is 0.0133. The van der Waals surface area contributed by atoms with Crippen molar-refractivity contribution < 1.29 is 71.0 Å². The Kier molecular flexibility index (Phi) is 33.2. The minimum atomic E-state index is -5.44. The maximum Gasteiger partial charge on any atom is 0.481 e. The molecule has 5 unspecified atom stereocenters. The van der Waals surface area contributed by atoms with Crippen LogP contribution in [0.4, 0.5) is 5.82 Å². The van der Waals surface area contributed by atoms with Crippen molar-refractivity contribution in [1.29, 1.82) is 0 Å². The highest BCUT2D eigenvalue weighted by Gasteiger charge is 2.46. The van der Waals surface area contributed by atoms with Crippen molar-refractivity contribution in [1.82, 2.24) is 9.55 Å².